The summed E-state index contributed by atoms with van der Waals surface area (Å²) in [6, 6.07) is 12.0. The Morgan fingerprint density at radius 1 is 1.23 bits per heavy atom. The van der Waals surface area contributed by atoms with Gasteiger partial charge in [-0.05, 0) is 23.8 Å². The topological polar surface area (TPSA) is 51.1 Å². The first-order valence-electron chi connectivity index (χ1n) is 9.18. The molecule has 5 nitrogen and oxygen atoms in total. The van der Waals surface area contributed by atoms with E-state index in [9.17, 15) is 18.0 Å². The number of hydrogen-bond acceptors (Lipinski definition) is 4. The van der Waals surface area contributed by atoms with Gasteiger partial charge in [-0.25, -0.2) is 0 Å². The van der Waals surface area contributed by atoms with E-state index in [1.165, 1.54) is 24.1 Å². The smallest absolute Gasteiger partial charge is 0.390 e. The van der Waals surface area contributed by atoms with E-state index in [1.807, 2.05) is 18.2 Å². The fourth-order valence-electron chi connectivity index (χ4n) is 3.12. The molecule has 2 aromatic carbocycles. The van der Waals surface area contributed by atoms with E-state index >= 15 is 0 Å². The number of carbonyl (C=O) groups excluding carboxylic acids is 1. The van der Waals surface area contributed by atoms with E-state index in [4.69, 9.17) is 21.2 Å². The van der Waals surface area contributed by atoms with E-state index in [1.54, 1.807) is 6.07 Å². The van der Waals surface area contributed by atoms with E-state index < -0.39 is 17.8 Å². The third kappa shape index (κ3) is 5.52. The Bertz CT molecular complexity index is 916. The summed E-state index contributed by atoms with van der Waals surface area (Å²) in [7, 11) is 1.40. The lowest BCUT2D eigenvalue weighted by Gasteiger charge is -2.25. The molecular formula is C21H20ClF3N2O3. The molecule has 9 heteroatoms. The number of benzene rings is 2. The average molecular weight is 441 g/mol. The number of ether oxygens (including phenoxy) is 1. The summed E-state index contributed by atoms with van der Waals surface area (Å²) in [4.78, 5) is 19.4. The zero-order valence-corrected chi connectivity index (χ0v) is 16.9. The Morgan fingerprint density at radius 3 is 2.57 bits per heavy atom. The van der Waals surface area contributed by atoms with Gasteiger partial charge in [-0.1, -0.05) is 47.1 Å². The number of hydrogen-bond donors (Lipinski definition) is 0. The van der Waals surface area contributed by atoms with E-state index in [0.717, 1.165) is 17.7 Å². The molecule has 0 spiro atoms. The van der Waals surface area contributed by atoms with Gasteiger partial charge in [0.1, 0.15) is 6.61 Å². The fourth-order valence-corrected chi connectivity index (χ4v) is 3.36. The number of alkyl halides is 3. The van der Waals surface area contributed by atoms with Gasteiger partial charge < -0.3 is 14.5 Å². The number of nitrogens with zero attached hydrogens (tertiary/aromatic N) is 2. The van der Waals surface area contributed by atoms with Gasteiger partial charge in [0.25, 0.3) is 0 Å². The van der Waals surface area contributed by atoms with E-state index in [0.29, 0.717) is 22.7 Å². The van der Waals surface area contributed by atoms with Gasteiger partial charge in [0.2, 0.25) is 5.91 Å². The summed E-state index contributed by atoms with van der Waals surface area (Å²) < 4.78 is 43.2. The van der Waals surface area contributed by atoms with Crippen molar-refractivity contribution in [2.45, 2.75) is 25.2 Å². The van der Waals surface area contributed by atoms with Crippen LogP contribution in [0.15, 0.2) is 53.7 Å². The minimum Gasteiger partial charge on any atom is -0.390 e. The van der Waals surface area contributed by atoms with Crippen LogP contribution in [-0.4, -0.2) is 42.9 Å². The molecule has 0 fully saturated rings. The standard InChI is InChI=1S/C21H20ClF3N2O3/c1-29-13-20(28)27(11-14-6-8-15(9-7-14)21(23,24)25)12-16-10-19(26-30-16)17-4-2-3-5-18(17)22/h2-9,16H,10-13H2,1H3/t16-/m0/s1. The molecule has 1 aliphatic heterocycles. The molecule has 0 saturated carbocycles. The number of methoxy groups -OCH3 is 1. The van der Waals surface area contributed by atoms with Gasteiger partial charge >= 0.3 is 6.18 Å². The van der Waals surface area contributed by atoms with E-state index in [2.05, 4.69) is 5.16 Å². The van der Waals surface area contributed by atoms with Crippen molar-refractivity contribution in [2.24, 2.45) is 5.16 Å². The third-order valence-electron chi connectivity index (χ3n) is 4.62. The largest absolute Gasteiger partial charge is 0.416 e. The monoisotopic (exact) mass is 440 g/mol. The summed E-state index contributed by atoms with van der Waals surface area (Å²) in [5, 5.41) is 4.64. The highest BCUT2D eigenvalue weighted by Gasteiger charge is 2.31. The molecule has 0 aromatic heterocycles. The van der Waals surface area contributed by atoms with Gasteiger partial charge in [-0.15, -0.1) is 0 Å². The Morgan fingerprint density at radius 2 is 1.93 bits per heavy atom. The molecule has 3 rings (SSSR count). The highest BCUT2D eigenvalue weighted by molar-refractivity contribution is 6.34. The Kier molecular flexibility index (Phi) is 6.99. The Balaban J connectivity index is 1.68. The average Bonchev–Trinajstić information content (AvgIpc) is 3.16. The molecule has 30 heavy (non-hydrogen) atoms. The van der Waals surface area contributed by atoms with Crippen LogP contribution in [-0.2, 0) is 27.1 Å². The summed E-state index contributed by atoms with van der Waals surface area (Å²) in [5.41, 5.74) is 1.27. The van der Waals surface area contributed by atoms with Crippen molar-refractivity contribution < 1.29 is 27.5 Å². The second kappa shape index (κ2) is 9.49. The van der Waals surface area contributed by atoms with Gasteiger partial charge in [0.05, 0.1) is 17.8 Å². The molecule has 2 aromatic rings. The van der Waals surface area contributed by atoms with Crippen LogP contribution in [0, 0.1) is 0 Å². The first kappa shape index (κ1) is 22.1. The minimum absolute atomic E-state index is 0.127. The number of rotatable bonds is 7. The first-order valence-corrected chi connectivity index (χ1v) is 9.56. The van der Waals surface area contributed by atoms with Crippen LogP contribution in [0.25, 0.3) is 0 Å². The van der Waals surface area contributed by atoms with Crippen LogP contribution in [0.1, 0.15) is 23.1 Å². The minimum atomic E-state index is -4.41. The number of halogens is 4. The highest BCUT2D eigenvalue weighted by atomic mass is 35.5. The van der Waals surface area contributed by atoms with Crippen LogP contribution in [0.5, 0.6) is 0 Å². The molecule has 1 amide bonds. The highest BCUT2D eigenvalue weighted by Crippen LogP contribution is 2.29. The zero-order valence-electron chi connectivity index (χ0n) is 16.2. The van der Waals surface area contributed by atoms with Crippen LogP contribution in [0.4, 0.5) is 13.2 Å². The number of amides is 1. The predicted molar refractivity (Wildman–Crippen MR) is 106 cm³/mol. The van der Waals surface area contributed by atoms with Gasteiger partial charge in [0, 0.05) is 30.7 Å². The molecule has 0 radical (unpaired) electrons. The van der Waals surface area contributed by atoms with Crippen molar-refractivity contribution in [1.29, 1.82) is 0 Å². The fraction of sp³-hybridized carbons (Fsp3) is 0.333. The van der Waals surface area contributed by atoms with Gasteiger partial charge in [-0.2, -0.15) is 13.2 Å². The normalized spacial score (nSPS) is 16.2. The molecule has 160 valence electrons. The molecule has 1 heterocycles. The summed E-state index contributed by atoms with van der Waals surface area (Å²) in [5.74, 6) is -0.299. The number of oxime groups is 1. The summed E-state index contributed by atoms with van der Waals surface area (Å²) in [6.07, 6.45) is -4.35. The summed E-state index contributed by atoms with van der Waals surface area (Å²) >= 11 is 6.20. The SMILES string of the molecule is COCC(=O)N(Cc1ccc(C(F)(F)F)cc1)C[C@@H]1CC(c2ccccc2Cl)=NO1. The molecule has 1 atom stereocenters. The van der Waals surface area contributed by atoms with Crippen molar-refractivity contribution in [3.63, 3.8) is 0 Å². The Labute approximate surface area is 177 Å². The van der Waals surface area contributed by atoms with Crippen molar-refractivity contribution in [2.75, 3.05) is 20.3 Å². The molecule has 0 aliphatic carbocycles. The second-order valence-corrected chi connectivity index (χ2v) is 7.26. The lowest BCUT2D eigenvalue weighted by molar-refractivity contribution is -0.138. The van der Waals surface area contributed by atoms with Crippen molar-refractivity contribution in [1.82, 2.24) is 4.90 Å². The molecular weight excluding hydrogens is 421 g/mol. The second-order valence-electron chi connectivity index (χ2n) is 6.85. The molecule has 0 unspecified atom stereocenters. The maximum absolute atomic E-state index is 12.8. The van der Waals surface area contributed by atoms with Crippen LogP contribution in [0.3, 0.4) is 0 Å². The third-order valence-corrected chi connectivity index (χ3v) is 4.95. The van der Waals surface area contributed by atoms with Crippen LogP contribution in [0.2, 0.25) is 5.02 Å². The van der Waals surface area contributed by atoms with E-state index in [-0.39, 0.29) is 25.6 Å². The lowest BCUT2D eigenvalue weighted by Crippen LogP contribution is -2.39. The lowest BCUT2D eigenvalue weighted by atomic mass is 10.0. The molecule has 1 aliphatic rings. The Hall–Kier alpha value is -2.58. The van der Waals surface area contributed by atoms with Crippen LogP contribution < -0.4 is 0 Å². The number of carbonyl (C=O) groups is 1. The van der Waals surface area contributed by atoms with Crippen molar-refractivity contribution >= 4 is 23.2 Å². The van der Waals surface area contributed by atoms with Crippen molar-refractivity contribution in [3.8, 4) is 0 Å². The maximum Gasteiger partial charge on any atom is 0.416 e. The quantitative estimate of drug-likeness (QED) is 0.635. The van der Waals surface area contributed by atoms with Crippen LogP contribution >= 0.6 is 11.6 Å². The van der Waals surface area contributed by atoms with Crippen molar-refractivity contribution in [3.05, 3.63) is 70.2 Å². The summed E-state index contributed by atoms with van der Waals surface area (Å²) in [6.45, 7) is 0.188. The molecule has 0 saturated heterocycles. The van der Waals surface area contributed by atoms with Gasteiger partial charge in [0.15, 0.2) is 6.10 Å². The first-order chi connectivity index (χ1) is 14.3. The molecule has 0 N–H and O–H groups in total. The maximum atomic E-state index is 12.8. The van der Waals surface area contributed by atoms with Gasteiger partial charge in [-0.3, -0.25) is 4.79 Å². The molecule has 0 bridgehead atoms. The predicted octanol–water partition coefficient (Wildman–Crippen LogP) is 4.53. The zero-order chi connectivity index (χ0) is 21.7.